The molecule has 1 fully saturated rings. The van der Waals surface area contributed by atoms with Gasteiger partial charge in [0.2, 0.25) is 0 Å². The fraction of sp³-hybridized carbons (Fsp3) is 0.636. The molecule has 1 aliphatic heterocycles. The van der Waals surface area contributed by atoms with Crippen LogP contribution in [0.3, 0.4) is 0 Å². The van der Waals surface area contributed by atoms with Crippen LogP contribution in [0, 0.1) is 6.92 Å². The number of aromatic nitrogens is 1. The molecule has 0 saturated carbocycles. The van der Waals surface area contributed by atoms with Gasteiger partial charge in [-0.3, -0.25) is 4.79 Å². The molecule has 0 spiro atoms. The van der Waals surface area contributed by atoms with Gasteiger partial charge in [0.15, 0.2) is 0 Å². The van der Waals surface area contributed by atoms with Crippen molar-refractivity contribution in [2.24, 2.45) is 0 Å². The Morgan fingerprint density at radius 2 is 2.00 bits per heavy atom. The van der Waals surface area contributed by atoms with Gasteiger partial charge < -0.3 is 9.32 Å². The molecule has 1 aliphatic rings. The highest BCUT2D eigenvalue weighted by molar-refractivity contribution is 5.89. The molecule has 0 radical (unpaired) electrons. The second-order valence-corrected chi connectivity index (χ2v) is 3.98. The van der Waals surface area contributed by atoms with Gasteiger partial charge >= 0.3 is 5.91 Å². The molecule has 0 unspecified atom stereocenters. The number of hydrogen-bond donors (Lipinski definition) is 0. The Balaban J connectivity index is 2.06. The van der Waals surface area contributed by atoms with E-state index in [0.29, 0.717) is 5.76 Å². The molecule has 4 heteroatoms. The van der Waals surface area contributed by atoms with E-state index in [1.165, 1.54) is 12.8 Å². The van der Waals surface area contributed by atoms with Crippen LogP contribution in [0.1, 0.15) is 42.1 Å². The van der Waals surface area contributed by atoms with Gasteiger partial charge in [0, 0.05) is 13.1 Å². The summed E-state index contributed by atoms with van der Waals surface area (Å²) in [4.78, 5) is 17.7. The number of hydrogen-bond acceptors (Lipinski definition) is 3. The van der Waals surface area contributed by atoms with Crippen LogP contribution in [-0.2, 0) is 0 Å². The Morgan fingerprint density at radius 1 is 1.33 bits per heavy atom. The zero-order valence-electron chi connectivity index (χ0n) is 9.03. The molecule has 2 rings (SSSR count). The van der Waals surface area contributed by atoms with Gasteiger partial charge in [0.05, 0.1) is 6.20 Å². The highest BCUT2D eigenvalue weighted by Gasteiger charge is 2.20. The summed E-state index contributed by atoms with van der Waals surface area (Å²) in [6, 6.07) is 0. The van der Waals surface area contributed by atoms with Gasteiger partial charge in [-0.25, -0.2) is 4.98 Å². The Kier molecular flexibility index (Phi) is 3.04. The third kappa shape index (κ3) is 2.37. The van der Waals surface area contributed by atoms with Crippen molar-refractivity contribution in [1.82, 2.24) is 9.88 Å². The number of carbonyl (C=O) groups excluding carboxylic acids is 1. The first-order chi connectivity index (χ1) is 7.27. The minimum atomic E-state index is -0.0648. The zero-order valence-corrected chi connectivity index (χ0v) is 9.03. The number of likely N-dealkylation sites (tertiary alicyclic amines) is 1. The third-order valence-electron chi connectivity index (χ3n) is 2.70. The lowest BCUT2D eigenvalue weighted by atomic mass is 10.2. The topological polar surface area (TPSA) is 46.3 Å². The van der Waals surface area contributed by atoms with E-state index in [0.717, 1.165) is 25.9 Å². The van der Waals surface area contributed by atoms with Gasteiger partial charge in [-0.2, -0.15) is 0 Å². The first-order valence-corrected chi connectivity index (χ1v) is 5.49. The zero-order chi connectivity index (χ0) is 10.7. The van der Waals surface area contributed by atoms with Crippen LogP contribution in [0.4, 0.5) is 0 Å². The highest BCUT2D eigenvalue weighted by Crippen LogP contribution is 2.13. The lowest BCUT2D eigenvalue weighted by Crippen LogP contribution is -2.32. The SMILES string of the molecule is Cc1cnc(C(=O)N2CCCCCC2)o1. The van der Waals surface area contributed by atoms with Crippen LogP contribution in [0.25, 0.3) is 0 Å². The molecule has 4 nitrogen and oxygen atoms in total. The molecular weight excluding hydrogens is 192 g/mol. The van der Waals surface area contributed by atoms with Crippen molar-refractivity contribution in [2.45, 2.75) is 32.6 Å². The van der Waals surface area contributed by atoms with Crippen LogP contribution in [0.15, 0.2) is 10.6 Å². The smallest absolute Gasteiger partial charge is 0.309 e. The normalized spacial score (nSPS) is 17.5. The Labute approximate surface area is 89.3 Å². The lowest BCUT2D eigenvalue weighted by Gasteiger charge is -2.17. The first-order valence-electron chi connectivity index (χ1n) is 5.49. The second-order valence-electron chi connectivity index (χ2n) is 3.98. The molecule has 1 saturated heterocycles. The van der Waals surface area contributed by atoms with Gasteiger partial charge in [-0.15, -0.1) is 0 Å². The largest absolute Gasteiger partial charge is 0.438 e. The third-order valence-corrected chi connectivity index (χ3v) is 2.70. The molecular formula is C11H16N2O2. The molecule has 1 amide bonds. The standard InChI is InChI=1S/C11H16N2O2/c1-9-8-12-10(15-9)11(14)13-6-4-2-3-5-7-13/h8H,2-7H2,1H3. The van der Waals surface area contributed by atoms with Crippen molar-refractivity contribution >= 4 is 5.91 Å². The van der Waals surface area contributed by atoms with Crippen LogP contribution in [0.5, 0.6) is 0 Å². The average Bonchev–Trinajstić information content (AvgIpc) is 2.53. The Bertz CT molecular complexity index is 338. The highest BCUT2D eigenvalue weighted by atomic mass is 16.4. The molecule has 0 bridgehead atoms. The van der Waals surface area contributed by atoms with Crippen LogP contribution in [0.2, 0.25) is 0 Å². The molecule has 0 atom stereocenters. The summed E-state index contributed by atoms with van der Waals surface area (Å²) in [6.45, 7) is 3.47. The van der Waals surface area contributed by atoms with Crippen molar-refractivity contribution in [3.8, 4) is 0 Å². The lowest BCUT2D eigenvalue weighted by molar-refractivity contribution is 0.0720. The fourth-order valence-electron chi connectivity index (χ4n) is 1.86. The van der Waals surface area contributed by atoms with Gasteiger partial charge in [-0.1, -0.05) is 12.8 Å². The van der Waals surface area contributed by atoms with E-state index in [1.807, 2.05) is 4.90 Å². The predicted molar refractivity (Wildman–Crippen MR) is 55.6 cm³/mol. The molecule has 82 valence electrons. The van der Waals surface area contributed by atoms with E-state index in [9.17, 15) is 4.79 Å². The van der Waals surface area contributed by atoms with E-state index >= 15 is 0 Å². The minimum Gasteiger partial charge on any atom is -0.438 e. The van der Waals surface area contributed by atoms with Gasteiger partial charge in [0.1, 0.15) is 5.76 Å². The monoisotopic (exact) mass is 208 g/mol. The van der Waals surface area contributed by atoms with Crippen molar-refractivity contribution in [3.05, 3.63) is 17.8 Å². The summed E-state index contributed by atoms with van der Waals surface area (Å²) in [5.74, 6) is 0.854. The number of oxazole rings is 1. The molecule has 1 aromatic heterocycles. The van der Waals surface area contributed by atoms with Crippen LogP contribution < -0.4 is 0 Å². The molecule has 15 heavy (non-hydrogen) atoms. The van der Waals surface area contributed by atoms with E-state index in [1.54, 1.807) is 13.1 Å². The van der Waals surface area contributed by atoms with Gasteiger partial charge in [0.25, 0.3) is 5.89 Å². The first kappa shape index (κ1) is 10.2. The number of rotatable bonds is 1. The van der Waals surface area contributed by atoms with Crippen molar-refractivity contribution in [2.75, 3.05) is 13.1 Å². The van der Waals surface area contributed by atoms with E-state index in [2.05, 4.69) is 4.98 Å². The summed E-state index contributed by atoms with van der Waals surface area (Å²) >= 11 is 0. The average molecular weight is 208 g/mol. The quantitative estimate of drug-likeness (QED) is 0.709. The maximum absolute atomic E-state index is 11.9. The molecule has 2 heterocycles. The maximum atomic E-state index is 11.9. The molecule has 1 aromatic rings. The van der Waals surface area contributed by atoms with Crippen LogP contribution in [-0.4, -0.2) is 28.9 Å². The molecule has 0 aliphatic carbocycles. The van der Waals surface area contributed by atoms with Crippen LogP contribution >= 0.6 is 0 Å². The van der Waals surface area contributed by atoms with Gasteiger partial charge in [-0.05, 0) is 19.8 Å². The van der Waals surface area contributed by atoms with E-state index in [4.69, 9.17) is 4.42 Å². The summed E-state index contributed by atoms with van der Waals surface area (Å²) in [5.41, 5.74) is 0. The molecule has 0 N–H and O–H groups in total. The number of nitrogens with zero attached hydrogens (tertiary/aromatic N) is 2. The molecule has 0 aromatic carbocycles. The summed E-state index contributed by atoms with van der Waals surface area (Å²) in [7, 11) is 0. The minimum absolute atomic E-state index is 0.0648. The van der Waals surface area contributed by atoms with E-state index < -0.39 is 0 Å². The predicted octanol–water partition coefficient (Wildman–Crippen LogP) is 2.00. The summed E-state index contributed by atoms with van der Waals surface area (Å²) < 4.78 is 5.24. The summed E-state index contributed by atoms with van der Waals surface area (Å²) in [6.07, 6.45) is 6.20. The number of aryl methyl sites for hydroxylation is 1. The van der Waals surface area contributed by atoms with Crippen molar-refractivity contribution < 1.29 is 9.21 Å². The maximum Gasteiger partial charge on any atom is 0.309 e. The van der Waals surface area contributed by atoms with Crippen molar-refractivity contribution in [3.63, 3.8) is 0 Å². The van der Waals surface area contributed by atoms with E-state index in [-0.39, 0.29) is 11.8 Å². The number of amides is 1. The second kappa shape index (κ2) is 4.47. The van der Waals surface area contributed by atoms with Crippen molar-refractivity contribution in [1.29, 1.82) is 0 Å². The summed E-state index contributed by atoms with van der Waals surface area (Å²) in [5, 5.41) is 0. The Hall–Kier alpha value is -1.32. The Morgan fingerprint density at radius 3 is 2.53 bits per heavy atom. The number of carbonyl (C=O) groups is 1. The fourth-order valence-corrected chi connectivity index (χ4v) is 1.86.